The van der Waals surface area contributed by atoms with E-state index in [2.05, 4.69) is 10.5 Å². The molecule has 0 aliphatic rings. The Labute approximate surface area is 185 Å². The van der Waals surface area contributed by atoms with Crippen molar-refractivity contribution in [1.82, 2.24) is 10.4 Å². The molecule has 0 atom stereocenters. The normalized spacial score (nSPS) is 11.0. The number of benzene rings is 3. The van der Waals surface area contributed by atoms with Gasteiger partial charge in [-0.2, -0.15) is 5.10 Å². The number of aromatic nitrogens is 1. The van der Waals surface area contributed by atoms with Crippen LogP contribution in [0.3, 0.4) is 0 Å². The van der Waals surface area contributed by atoms with Crippen LogP contribution in [0.25, 0.3) is 22.2 Å². The summed E-state index contributed by atoms with van der Waals surface area (Å²) in [5.41, 5.74) is 6.17. The largest absolute Gasteiger partial charge is 0.494 e. The van der Waals surface area contributed by atoms with Crippen LogP contribution < -0.4 is 10.2 Å². The van der Waals surface area contributed by atoms with Gasteiger partial charge in [0.05, 0.1) is 29.6 Å². The van der Waals surface area contributed by atoms with Gasteiger partial charge in [0.1, 0.15) is 5.75 Å². The minimum absolute atomic E-state index is 0.320. The van der Waals surface area contributed by atoms with E-state index in [4.69, 9.17) is 21.3 Å². The molecule has 5 nitrogen and oxygen atoms in total. The fraction of sp³-hybridized carbons (Fsp3) is 0.0800. The lowest BCUT2D eigenvalue weighted by molar-refractivity contribution is 0.0956. The molecule has 0 bridgehead atoms. The van der Waals surface area contributed by atoms with Crippen molar-refractivity contribution < 1.29 is 9.53 Å². The number of nitrogens with zero attached hydrogens (tertiary/aromatic N) is 2. The van der Waals surface area contributed by atoms with Crippen LogP contribution >= 0.6 is 11.6 Å². The Bertz CT molecular complexity index is 1270. The van der Waals surface area contributed by atoms with Crippen LogP contribution in [-0.4, -0.2) is 23.7 Å². The van der Waals surface area contributed by atoms with Crippen molar-refractivity contribution >= 4 is 34.6 Å². The molecule has 4 rings (SSSR count). The summed E-state index contributed by atoms with van der Waals surface area (Å²) < 4.78 is 5.60. The van der Waals surface area contributed by atoms with Gasteiger partial charge >= 0.3 is 0 Å². The molecule has 154 valence electrons. The summed E-state index contributed by atoms with van der Waals surface area (Å²) in [6.45, 7) is 2.51. The maximum absolute atomic E-state index is 13.0. The van der Waals surface area contributed by atoms with Crippen molar-refractivity contribution in [2.24, 2.45) is 5.10 Å². The minimum Gasteiger partial charge on any atom is -0.494 e. The predicted molar refractivity (Wildman–Crippen MR) is 125 cm³/mol. The third kappa shape index (κ3) is 4.90. The van der Waals surface area contributed by atoms with Crippen molar-refractivity contribution in [3.63, 3.8) is 0 Å². The number of nitrogens with one attached hydrogen (secondary N) is 1. The van der Waals surface area contributed by atoms with E-state index >= 15 is 0 Å². The van der Waals surface area contributed by atoms with Gasteiger partial charge in [-0.05, 0) is 48.9 Å². The Morgan fingerprint density at radius 2 is 1.90 bits per heavy atom. The Morgan fingerprint density at radius 1 is 1.06 bits per heavy atom. The maximum atomic E-state index is 13.0. The monoisotopic (exact) mass is 429 g/mol. The Balaban J connectivity index is 1.68. The van der Waals surface area contributed by atoms with E-state index in [0.29, 0.717) is 22.9 Å². The van der Waals surface area contributed by atoms with Crippen LogP contribution in [0.2, 0.25) is 5.02 Å². The number of amides is 1. The highest BCUT2D eigenvalue weighted by molar-refractivity contribution is 6.30. The highest BCUT2D eigenvalue weighted by Crippen LogP contribution is 2.27. The highest BCUT2D eigenvalue weighted by atomic mass is 35.5. The van der Waals surface area contributed by atoms with Crippen molar-refractivity contribution in [2.45, 2.75) is 6.92 Å². The molecule has 3 aromatic carbocycles. The zero-order valence-electron chi connectivity index (χ0n) is 16.9. The van der Waals surface area contributed by atoms with Gasteiger partial charge in [-0.1, -0.05) is 54.1 Å². The second-order valence-corrected chi connectivity index (χ2v) is 7.22. The molecule has 1 aromatic heterocycles. The van der Waals surface area contributed by atoms with E-state index in [1.54, 1.807) is 24.4 Å². The van der Waals surface area contributed by atoms with Gasteiger partial charge in [-0.3, -0.25) is 4.79 Å². The molecule has 1 heterocycles. The van der Waals surface area contributed by atoms with Crippen LogP contribution in [0.15, 0.2) is 84.0 Å². The first kappa shape index (κ1) is 20.6. The first-order valence-corrected chi connectivity index (χ1v) is 10.2. The summed E-state index contributed by atoms with van der Waals surface area (Å²) in [6, 6.07) is 24.2. The number of rotatable bonds is 6. The van der Waals surface area contributed by atoms with E-state index in [-0.39, 0.29) is 5.91 Å². The minimum atomic E-state index is -0.320. The third-order valence-corrected chi connectivity index (χ3v) is 4.87. The number of carbonyl (C=O) groups excluding carboxylic acids is 1. The molecule has 6 heteroatoms. The van der Waals surface area contributed by atoms with Gasteiger partial charge in [0, 0.05) is 16.0 Å². The van der Waals surface area contributed by atoms with Crippen molar-refractivity contribution in [3.05, 3.63) is 95.0 Å². The number of hydrogen-bond donors (Lipinski definition) is 1. The summed E-state index contributed by atoms with van der Waals surface area (Å²) in [5, 5.41) is 5.44. The maximum Gasteiger partial charge on any atom is 0.272 e. The Kier molecular flexibility index (Phi) is 6.24. The van der Waals surface area contributed by atoms with Gasteiger partial charge < -0.3 is 4.74 Å². The second kappa shape index (κ2) is 9.41. The summed E-state index contributed by atoms with van der Waals surface area (Å²) >= 11 is 5.99. The quantitative estimate of drug-likeness (QED) is 0.315. The van der Waals surface area contributed by atoms with Gasteiger partial charge in [0.25, 0.3) is 5.91 Å². The molecular weight excluding hydrogens is 410 g/mol. The fourth-order valence-corrected chi connectivity index (χ4v) is 3.43. The average Bonchev–Trinajstić information content (AvgIpc) is 2.79. The molecule has 0 radical (unpaired) electrons. The molecular formula is C25H20ClN3O2. The lowest BCUT2D eigenvalue weighted by Gasteiger charge is -2.10. The molecule has 0 saturated carbocycles. The van der Waals surface area contributed by atoms with Crippen LogP contribution in [0.1, 0.15) is 22.8 Å². The van der Waals surface area contributed by atoms with Crippen LogP contribution in [0.4, 0.5) is 0 Å². The van der Waals surface area contributed by atoms with Crippen molar-refractivity contribution in [3.8, 4) is 17.0 Å². The smallest absolute Gasteiger partial charge is 0.272 e. The first-order valence-electron chi connectivity index (χ1n) is 9.86. The number of halogens is 1. The molecule has 0 unspecified atom stereocenters. The molecule has 0 aliphatic heterocycles. The SMILES string of the molecule is CCOc1cccc(-c2cc(C(=O)N/N=C\c3cccc(Cl)c3)c3ccccc3n2)c1. The number of ether oxygens (including phenoxy) is 1. The van der Waals surface area contributed by atoms with Crippen LogP contribution in [0, 0.1) is 0 Å². The summed E-state index contributed by atoms with van der Waals surface area (Å²) in [5.74, 6) is 0.436. The number of hydrogen-bond acceptors (Lipinski definition) is 4. The van der Waals surface area contributed by atoms with Crippen LogP contribution in [0.5, 0.6) is 5.75 Å². The van der Waals surface area contributed by atoms with E-state index < -0.39 is 0 Å². The number of pyridine rings is 1. The zero-order valence-corrected chi connectivity index (χ0v) is 17.6. The molecule has 0 saturated heterocycles. The number of fused-ring (bicyclic) bond motifs is 1. The molecule has 1 amide bonds. The molecule has 0 aliphatic carbocycles. The van der Waals surface area contributed by atoms with E-state index in [9.17, 15) is 4.79 Å². The lowest BCUT2D eigenvalue weighted by atomic mass is 10.0. The van der Waals surface area contributed by atoms with E-state index in [1.165, 1.54) is 0 Å². The van der Waals surface area contributed by atoms with Crippen LogP contribution in [-0.2, 0) is 0 Å². The Morgan fingerprint density at radius 3 is 2.74 bits per heavy atom. The summed E-state index contributed by atoms with van der Waals surface area (Å²) in [6.07, 6.45) is 1.56. The van der Waals surface area contributed by atoms with Crippen molar-refractivity contribution in [2.75, 3.05) is 6.61 Å². The number of carbonyl (C=O) groups is 1. The van der Waals surface area contributed by atoms with Gasteiger partial charge in [-0.15, -0.1) is 0 Å². The van der Waals surface area contributed by atoms with Gasteiger partial charge in [0.2, 0.25) is 0 Å². The van der Waals surface area contributed by atoms with Crippen molar-refractivity contribution in [1.29, 1.82) is 0 Å². The molecule has 0 spiro atoms. The predicted octanol–water partition coefficient (Wildman–Crippen LogP) is 5.72. The van der Waals surface area contributed by atoms with Gasteiger partial charge in [-0.25, -0.2) is 10.4 Å². The molecule has 0 fully saturated rings. The molecule has 1 N–H and O–H groups in total. The highest BCUT2D eigenvalue weighted by Gasteiger charge is 2.14. The fourth-order valence-electron chi connectivity index (χ4n) is 3.24. The second-order valence-electron chi connectivity index (χ2n) is 6.79. The molecule has 4 aromatic rings. The topological polar surface area (TPSA) is 63.6 Å². The number of para-hydroxylation sites is 1. The summed E-state index contributed by atoms with van der Waals surface area (Å²) in [4.78, 5) is 17.7. The van der Waals surface area contributed by atoms with Gasteiger partial charge in [0.15, 0.2) is 0 Å². The van der Waals surface area contributed by atoms with E-state index in [0.717, 1.165) is 27.8 Å². The lowest BCUT2D eigenvalue weighted by Crippen LogP contribution is -2.18. The zero-order chi connectivity index (χ0) is 21.6. The Hall–Kier alpha value is -3.70. The number of hydrazone groups is 1. The third-order valence-electron chi connectivity index (χ3n) is 4.63. The molecule has 31 heavy (non-hydrogen) atoms. The van der Waals surface area contributed by atoms with E-state index in [1.807, 2.05) is 67.6 Å². The summed E-state index contributed by atoms with van der Waals surface area (Å²) in [7, 11) is 0. The average molecular weight is 430 g/mol. The standard InChI is InChI=1S/C25H20ClN3O2/c1-2-31-20-10-6-8-18(14-20)24-15-22(21-11-3-4-12-23(21)28-24)25(30)29-27-16-17-7-5-9-19(26)13-17/h3-16H,2H2,1H3,(H,29,30)/b27-16-. The first-order chi connectivity index (χ1) is 15.1.